The summed E-state index contributed by atoms with van der Waals surface area (Å²) in [6.45, 7) is 1.58. The van der Waals surface area contributed by atoms with Crippen molar-refractivity contribution >= 4 is 11.9 Å². The molecule has 0 saturated carbocycles. The van der Waals surface area contributed by atoms with Gasteiger partial charge in [0.15, 0.2) is 6.10 Å². The summed E-state index contributed by atoms with van der Waals surface area (Å²) in [5, 5.41) is 2.59. The molecule has 144 valence electrons. The summed E-state index contributed by atoms with van der Waals surface area (Å²) in [5.41, 5.74) is 0.917. The van der Waals surface area contributed by atoms with Gasteiger partial charge in [-0.3, -0.25) is 4.79 Å². The van der Waals surface area contributed by atoms with E-state index in [1.54, 1.807) is 24.3 Å². The molecule has 28 heavy (non-hydrogen) atoms. The molecular weight excluding hydrogens is 368 g/mol. The van der Waals surface area contributed by atoms with Gasteiger partial charge in [-0.2, -0.15) is 0 Å². The summed E-state index contributed by atoms with van der Waals surface area (Å²) >= 11 is 0. The molecule has 1 amide bonds. The van der Waals surface area contributed by atoms with E-state index in [0.29, 0.717) is 5.56 Å². The maximum Gasteiger partial charge on any atom is 0.375 e. The number of ether oxygens (including phenoxy) is 1. The van der Waals surface area contributed by atoms with Crippen LogP contribution < -0.4 is 5.32 Å². The Balaban J connectivity index is 1.57. The first-order chi connectivity index (χ1) is 13.4. The Hall–Kier alpha value is -3.48. The number of carbonyl (C=O) groups excluding carboxylic acids is 2. The van der Waals surface area contributed by atoms with Crippen LogP contribution in [0.2, 0.25) is 0 Å². The van der Waals surface area contributed by atoms with E-state index in [2.05, 4.69) is 5.32 Å². The van der Waals surface area contributed by atoms with Crippen molar-refractivity contribution in [1.29, 1.82) is 0 Å². The fraction of sp³-hybridized carbons (Fsp3) is 0.143. The van der Waals surface area contributed by atoms with Crippen LogP contribution in [-0.4, -0.2) is 18.0 Å². The Bertz CT molecular complexity index is 982. The third-order valence-corrected chi connectivity index (χ3v) is 3.98. The highest BCUT2D eigenvalue weighted by atomic mass is 19.1. The topological polar surface area (TPSA) is 68.5 Å². The number of halogens is 2. The molecule has 1 atom stereocenters. The lowest BCUT2D eigenvalue weighted by Crippen LogP contribution is -2.35. The van der Waals surface area contributed by atoms with Crippen molar-refractivity contribution in [2.24, 2.45) is 0 Å². The van der Waals surface area contributed by atoms with Gasteiger partial charge >= 0.3 is 5.97 Å². The summed E-state index contributed by atoms with van der Waals surface area (Å²) in [7, 11) is 0. The zero-order valence-electron chi connectivity index (χ0n) is 14.9. The van der Waals surface area contributed by atoms with E-state index < -0.39 is 23.8 Å². The van der Waals surface area contributed by atoms with E-state index in [4.69, 9.17) is 9.15 Å². The quantitative estimate of drug-likeness (QED) is 0.649. The minimum absolute atomic E-state index is 0.142. The number of furan rings is 1. The number of hydrogen-bond donors (Lipinski definition) is 1. The average molecular weight is 385 g/mol. The fourth-order valence-corrected chi connectivity index (χ4v) is 2.46. The van der Waals surface area contributed by atoms with Gasteiger partial charge in [-0.25, -0.2) is 13.6 Å². The molecule has 0 fully saturated rings. The van der Waals surface area contributed by atoms with E-state index in [1.165, 1.54) is 43.3 Å². The second kappa shape index (κ2) is 8.47. The van der Waals surface area contributed by atoms with Crippen LogP contribution in [0.1, 0.15) is 23.0 Å². The Morgan fingerprint density at radius 3 is 2.46 bits per heavy atom. The lowest BCUT2D eigenvalue weighted by molar-refractivity contribution is -0.129. The van der Waals surface area contributed by atoms with Crippen LogP contribution in [0.5, 0.6) is 0 Å². The van der Waals surface area contributed by atoms with Gasteiger partial charge in [0.2, 0.25) is 5.76 Å². The normalized spacial score (nSPS) is 11.7. The number of amides is 1. The second-order valence-corrected chi connectivity index (χ2v) is 6.04. The van der Waals surface area contributed by atoms with Gasteiger partial charge in [-0.1, -0.05) is 24.3 Å². The zero-order chi connectivity index (χ0) is 20.1. The Labute approximate surface area is 159 Å². The van der Waals surface area contributed by atoms with Crippen LogP contribution in [0.25, 0.3) is 11.3 Å². The number of rotatable bonds is 6. The molecule has 0 radical (unpaired) electrons. The minimum Gasteiger partial charge on any atom is -0.449 e. The van der Waals surface area contributed by atoms with Gasteiger partial charge in [0.05, 0.1) is 5.56 Å². The van der Waals surface area contributed by atoms with Gasteiger partial charge in [0.1, 0.15) is 17.4 Å². The van der Waals surface area contributed by atoms with Crippen molar-refractivity contribution in [3.8, 4) is 11.3 Å². The molecular formula is C21H17F2NO4. The van der Waals surface area contributed by atoms with Crippen molar-refractivity contribution in [2.75, 3.05) is 0 Å². The SMILES string of the molecule is C[C@H](OC(=O)c1ccc(-c2ccccc2F)o1)C(=O)NCc1ccc(F)cc1. The molecule has 0 aliphatic rings. The molecule has 7 heteroatoms. The summed E-state index contributed by atoms with van der Waals surface area (Å²) in [4.78, 5) is 24.2. The van der Waals surface area contributed by atoms with Gasteiger partial charge in [-0.15, -0.1) is 0 Å². The van der Waals surface area contributed by atoms with Crippen molar-refractivity contribution in [3.05, 3.63) is 83.6 Å². The van der Waals surface area contributed by atoms with E-state index in [-0.39, 0.29) is 29.4 Å². The lowest BCUT2D eigenvalue weighted by atomic mass is 10.1. The van der Waals surface area contributed by atoms with E-state index in [0.717, 1.165) is 0 Å². The van der Waals surface area contributed by atoms with Crippen molar-refractivity contribution in [1.82, 2.24) is 5.32 Å². The number of nitrogens with one attached hydrogen (secondary N) is 1. The number of carbonyl (C=O) groups is 2. The third kappa shape index (κ3) is 4.62. The molecule has 0 aliphatic heterocycles. The monoisotopic (exact) mass is 385 g/mol. The number of esters is 1. The number of hydrogen-bond acceptors (Lipinski definition) is 4. The molecule has 2 aromatic carbocycles. The molecule has 1 aromatic heterocycles. The molecule has 0 bridgehead atoms. The highest BCUT2D eigenvalue weighted by Crippen LogP contribution is 2.25. The first-order valence-corrected chi connectivity index (χ1v) is 8.52. The predicted octanol–water partition coefficient (Wildman–Crippen LogP) is 4.09. The second-order valence-electron chi connectivity index (χ2n) is 6.04. The Morgan fingerprint density at radius 2 is 1.75 bits per heavy atom. The summed E-state index contributed by atoms with van der Waals surface area (Å²) < 4.78 is 37.1. The average Bonchev–Trinajstić information content (AvgIpc) is 3.17. The molecule has 0 saturated heterocycles. The Kier molecular flexibility index (Phi) is 5.84. The van der Waals surface area contributed by atoms with Crippen LogP contribution in [0.4, 0.5) is 8.78 Å². The van der Waals surface area contributed by atoms with Crippen molar-refractivity contribution in [3.63, 3.8) is 0 Å². The highest BCUT2D eigenvalue weighted by Gasteiger charge is 2.21. The van der Waals surface area contributed by atoms with Crippen LogP contribution in [0.15, 0.2) is 65.1 Å². The van der Waals surface area contributed by atoms with E-state index in [1.807, 2.05) is 0 Å². The molecule has 1 heterocycles. The van der Waals surface area contributed by atoms with Crippen molar-refractivity contribution < 1.29 is 27.5 Å². The van der Waals surface area contributed by atoms with Crippen LogP contribution in [0.3, 0.4) is 0 Å². The van der Waals surface area contributed by atoms with E-state index >= 15 is 0 Å². The first-order valence-electron chi connectivity index (χ1n) is 8.52. The molecule has 0 unspecified atom stereocenters. The van der Waals surface area contributed by atoms with Gasteiger partial charge in [0, 0.05) is 6.54 Å². The maximum absolute atomic E-state index is 13.8. The Morgan fingerprint density at radius 1 is 1.04 bits per heavy atom. The zero-order valence-corrected chi connectivity index (χ0v) is 14.9. The predicted molar refractivity (Wildman–Crippen MR) is 97.2 cm³/mol. The molecule has 3 rings (SSSR count). The van der Waals surface area contributed by atoms with Gasteiger partial charge < -0.3 is 14.5 Å². The standard InChI is InChI=1S/C21H17F2NO4/c1-13(20(25)24-12-14-6-8-15(22)9-7-14)27-21(26)19-11-10-18(28-19)16-4-2-3-5-17(16)23/h2-11,13H,12H2,1H3,(H,24,25)/t13-/m0/s1. The van der Waals surface area contributed by atoms with Crippen LogP contribution in [0, 0.1) is 11.6 Å². The highest BCUT2D eigenvalue weighted by molar-refractivity contribution is 5.90. The lowest BCUT2D eigenvalue weighted by Gasteiger charge is -2.12. The van der Waals surface area contributed by atoms with Gasteiger partial charge in [-0.05, 0) is 48.9 Å². The van der Waals surface area contributed by atoms with Crippen LogP contribution in [-0.2, 0) is 16.1 Å². The molecule has 0 spiro atoms. The van der Waals surface area contributed by atoms with Gasteiger partial charge in [0.25, 0.3) is 5.91 Å². The summed E-state index contributed by atoms with van der Waals surface area (Å²) in [6.07, 6.45) is -1.07. The smallest absolute Gasteiger partial charge is 0.375 e. The summed E-state index contributed by atoms with van der Waals surface area (Å²) in [5.74, 6) is -2.17. The largest absolute Gasteiger partial charge is 0.449 e. The maximum atomic E-state index is 13.8. The minimum atomic E-state index is -1.07. The summed E-state index contributed by atoms with van der Waals surface area (Å²) in [6, 6.07) is 14.5. The molecule has 0 aliphatic carbocycles. The first kappa shape index (κ1) is 19.3. The van der Waals surface area contributed by atoms with E-state index in [9.17, 15) is 18.4 Å². The number of benzene rings is 2. The van der Waals surface area contributed by atoms with Crippen molar-refractivity contribution in [2.45, 2.75) is 19.6 Å². The van der Waals surface area contributed by atoms with Crippen LogP contribution >= 0.6 is 0 Å². The molecule has 1 N–H and O–H groups in total. The molecule has 3 aromatic rings. The fourth-order valence-electron chi connectivity index (χ4n) is 2.46. The third-order valence-electron chi connectivity index (χ3n) is 3.98. The molecule has 5 nitrogen and oxygen atoms in total.